The van der Waals surface area contributed by atoms with Gasteiger partial charge < -0.3 is 15.0 Å². The lowest BCUT2D eigenvalue weighted by molar-refractivity contribution is -0.152. The second-order valence-corrected chi connectivity index (χ2v) is 8.81. The number of nitrogen functional groups attached to an aromatic ring is 1. The van der Waals surface area contributed by atoms with Crippen molar-refractivity contribution in [2.45, 2.75) is 51.7 Å². The molecule has 2 N–H and O–H groups in total. The average molecular weight is 387 g/mol. The molecule has 0 bridgehead atoms. The average Bonchev–Trinajstić information content (AvgIpc) is 3.08. The fourth-order valence-electron chi connectivity index (χ4n) is 5.26. The maximum Gasteiger partial charge on any atom is 0.316 e. The maximum atomic E-state index is 13.3. The SMILES string of the molecule is CC1(C)C(=O)OCc2c1cc1n(c2=O)Cc2c-1nc1ccc(N)c3c1c2CCC3. The zero-order valence-corrected chi connectivity index (χ0v) is 16.5. The highest BCUT2D eigenvalue weighted by atomic mass is 16.5. The number of aryl methyl sites for hydroxylation is 2. The molecule has 4 heterocycles. The Balaban J connectivity index is 1.69. The predicted molar refractivity (Wildman–Crippen MR) is 110 cm³/mol. The molecule has 1 aliphatic carbocycles. The Morgan fingerprint density at radius 1 is 1.10 bits per heavy atom. The smallest absolute Gasteiger partial charge is 0.316 e. The molecule has 29 heavy (non-hydrogen) atoms. The van der Waals surface area contributed by atoms with Crippen LogP contribution in [0.3, 0.4) is 0 Å². The van der Waals surface area contributed by atoms with Gasteiger partial charge >= 0.3 is 5.97 Å². The number of nitrogens with two attached hydrogens (primary N) is 1. The lowest BCUT2D eigenvalue weighted by Crippen LogP contribution is -2.40. The van der Waals surface area contributed by atoms with Gasteiger partial charge in [-0.3, -0.25) is 9.59 Å². The fraction of sp³-hybridized carbons (Fsp3) is 0.348. The summed E-state index contributed by atoms with van der Waals surface area (Å²) in [4.78, 5) is 30.6. The topological polar surface area (TPSA) is 87.2 Å². The van der Waals surface area contributed by atoms with E-state index in [2.05, 4.69) is 0 Å². The summed E-state index contributed by atoms with van der Waals surface area (Å²) < 4.78 is 7.09. The summed E-state index contributed by atoms with van der Waals surface area (Å²) in [6.07, 6.45) is 2.97. The van der Waals surface area contributed by atoms with E-state index in [1.807, 2.05) is 32.0 Å². The molecule has 0 saturated heterocycles. The summed E-state index contributed by atoms with van der Waals surface area (Å²) in [5, 5.41) is 1.17. The van der Waals surface area contributed by atoms with Gasteiger partial charge in [0.2, 0.25) is 0 Å². The van der Waals surface area contributed by atoms with Crippen LogP contribution in [0.5, 0.6) is 0 Å². The third-order valence-electron chi connectivity index (χ3n) is 6.86. The highest BCUT2D eigenvalue weighted by Crippen LogP contribution is 2.42. The molecule has 0 amide bonds. The highest BCUT2D eigenvalue weighted by Gasteiger charge is 2.41. The van der Waals surface area contributed by atoms with E-state index in [4.69, 9.17) is 15.5 Å². The quantitative estimate of drug-likeness (QED) is 0.370. The van der Waals surface area contributed by atoms with E-state index >= 15 is 0 Å². The van der Waals surface area contributed by atoms with Crippen LogP contribution in [0.4, 0.5) is 5.69 Å². The number of nitrogens with zero attached hydrogens (tertiary/aromatic N) is 2. The number of carbonyl (C=O) groups is 1. The Labute approximate surface area is 167 Å². The number of ether oxygens (including phenoxy) is 1. The van der Waals surface area contributed by atoms with E-state index < -0.39 is 5.41 Å². The van der Waals surface area contributed by atoms with Gasteiger partial charge in [-0.15, -0.1) is 0 Å². The van der Waals surface area contributed by atoms with Crippen molar-refractivity contribution >= 4 is 22.6 Å². The normalized spacial score (nSPS) is 18.2. The van der Waals surface area contributed by atoms with Gasteiger partial charge in [-0.1, -0.05) is 0 Å². The fourth-order valence-corrected chi connectivity index (χ4v) is 5.26. The number of aromatic nitrogens is 2. The van der Waals surface area contributed by atoms with Crippen LogP contribution in [0.2, 0.25) is 0 Å². The molecular formula is C23H21N3O3. The van der Waals surface area contributed by atoms with Gasteiger partial charge in [0.15, 0.2) is 0 Å². The first-order valence-corrected chi connectivity index (χ1v) is 10.1. The molecule has 0 atom stereocenters. The van der Waals surface area contributed by atoms with Crippen LogP contribution in [-0.2, 0) is 40.9 Å². The van der Waals surface area contributed by atoms with Crippen molar-refractivity contribution in [2.75, 3.05) is 5.73 Å². The van der Waals surface area contributed by atoms with Gasteiger partial charge in [-0.2, -0.15) is 0 Å². The third kappa shape index (κ3) is 1.98. The van der Waals surface area contributed by atoms with Crippen molar-refractivity contribution in [3.63, 3.8) is 0 Å². The van der Waals surface area contributed by atoms with Crippen LogP contribution in [0.25, 0.3) is 22.3 Å². The van der Waals surface area contributed by atoms with Crippen molar-refractivity contribution < 1.29 is 9.53 Å². The molecule has 2 aromatic heterocycles. The van der Waals surface area contributed by atoms with Crippen LogP contribution in [0.15, 0.2) is 23.0 Å². The zero-order chi connectivity index (χ0) is 20.1. The molecule has 6 rings (SSSR count). The van der Waals surface area contributed by atoms with Gasteiger partial charge in [0.05, 0.1) is 34.4 Å². The van der Waals surface area contributed by atoms with Crippen LogP contribution in [0, 0.1) is 0 Å². The number of carbonyl (C=O) groups excluding carboxylic acids is 1. The van der Waals surface area contributed by atoms with Crippen LogP contribution < -0.4 is 11.3 Å². The van der Waals surface area contributed by atoms with Gasteiger partial charge in [0, 0.05) is 16.6 Å². The second-order valence-electron chi connectivity index (χ2n) is 8.81. The summed E-state index contributed by atoms with van der Waals surface area (Å²) in [5.41, 5.74) is 13.6. The number of benzene rings is 1. The number of rotatable bonds is 0. The zero-order valence-electron chi connectivity index (χ0n) is 16.5. The second kappa shape index (κ2) is 5.26. The minimum absolute atomic E-state index is 0.0377. The highest BCUT2D eigenvalue weighted by molar-refractivity contribution is 5.94. The number of fused-ring (bicyclic) bond motifs is 5. The number of anilines is 1. The van der Waals surface area contributed by atoms with Crippen molar-refractivity contribution in [1.29, 1.82) is 0 Å². The Morgan fingerprint density at radius 2 is 1.90 bits per heavy atom. The molecule has 0 fully saturated rings. The molecule has 3 aromatic rings. The molecule has 0 unspecified atom stereocenters. The van der Waals surface area contributed by atoms with E-state index in [1.54, 1.807) is 4.57 Å². The van der Waals surface area contributed by atoms with Crippen LogP contribution in [-0.4, -0.2) is 15.5 Å². The molecule has 0 saturated carbocycles. The summed E-state index contributed by atoms with van der Waals surface area (Å²) >= 11 is 0. The molecule has 146 valence electrons. The molecule has 6 nitrogen and oxygen atoms in total. The van der Waals surface area contributed by atoms with E-state index in [9.17, 15) is 9.59 Å². The predicted octanol–water partition coefficient (Wildman–Crippen LogP) is 2.83. The summed E-state index contributed by atoms with van der Waals surface area (Å²) in [7, 11) is 0. The lowest BCUT2D eigenvalue weighted by atomic mass is 9.80. The van der Waals surface area contributed by atoms with Gasteiger partial charge in [0.1, 0.15) is 6.61 Å². The van der Waals surface area contributed by atoms with E-state index in [0.29, 0.717) is 12.1 Å². The van der Waals surface area contributed by atoms with Crippen LogP contribution >= 0.6 is 0 Å². The number of hydrogen-bond acceptors (Lipinski definition) is 5. The Bertz CT molecular complexity index is 1330. The molecule has 1 aromatic carbocycles. The Kier molecular flexibility index (Phi) is 3.04. The number of esters is 1. The third-order valence-corrected chi connectivity index (χ3v) is 6.86. The van der Waals surface area contributed by atoms with E-state index in [0.717, 1.165) is 53.0 Å². The Hall–Kier alpha value is -3.15. The van der Waals surface area contributed by atoms with E-state index in [1.165, 1.54) is 16.5 Å². The largest absolute Gasteiger partial charge is 0.460 e. The number of cyclic esters (lactones) is 1. The van der Waals surface area contributed by atoms with Crippen molar-refractivity contribution in [1.82, 2.24) is 9.55 Å². The minimum Gasteiger partial charge on any atom is -0.460 e. The standard InChI is InChI=1S/C23H21N3O3/c1-23(2)15-8-18-20-13(9-26(18)21(27)14(15)10-29-22(23)28)11-4-3-5-12-16(24)6-7-17(25-20)19(11)12/h6-8H,3-5,9-10,24H2,1-2H3. The molecule has 3 aliphatic rings. The van der Waals surface area contributed by atoms with Gasteiger partial charge in [-0.05, 0) is 68.0 Å². The minimum atomic E-state index is -0.849. The summed E-state index contributed by atoms with van der Waals surface area (Å²) in [6.45, 7) is 4.17. The molecule has 2 aliphatic heterocycles. The van der Waals surface area contributed by atoms with Crippen molar-refractivity contribution in [3.8, 4) is 11.4 Å². The van der Waals surface area contributed by atoms with Gasteiger partial charge in [-0.25, -0.2) is 4.98 Å². The van der Waals surface area contributed by atoms with Crippen LogP contribution in [0.1, 0.15) is 48.1 Å². The summed E-state index contributed by atoms with van der Waals surface area (Å²) in [6, 6.07) is 5.89. The summed E-state index contributed by atoms with van der Waals surface area (Å²) in [5.74, 6) is -0.297. The molecule has 0 radical (unpaired) electrons. The van der Waals surface area contributed by atoms with Crippen molar-refractivity contribution in [2.24, 2.45) is 0 Å². The molecule has 6 heteroatoms. The van der Waals surface area contributed by atoms with E-state index in [-0.39, 0.29) is 18.1 Å². The number of pyridine rings is 2. The lowest BCUT2D eigenvalue weighted by Gasteiger charge is -2.30. The molecular weight excluding hydrogens is 366 g/mol. The van der Waals surface area contributed by atoms with Gasteiger partial charge in [0.25, 0.3) is 5.56 Å². The monoisotopic (exact) mass is 387 g/mol. The Morgan fingerprint density at radius 3 is 2.72 bits per heavy atom. The first-order valence-electron chi connectivity index (χ1n) is 10.1. The first kappa shape index (κ1) is 16.8. The van der Waals surface area contributed by atoms with Crippen molar-refractivity contribution in [3.05, 3.63) is 56.4 Å². The number of hydrogen-bond donors (Lipinski definition) is 1. The first-order chi connectivity index (χ1) is 13.9. The molecule has 0 spiro atoms. The maximum absolute atomic E-state index is 13.3.